The molecule has 0 radical (unpaired) electrons. The predicted octanol–water partition coefficient (Wildman–Crippen LogP) is 2.93. The molecule has 2 heterocycles. The van der Waals surface area contributed by atoms with E-state index >= 15 is 0 Å². The van der Waals surface area contributed by atoms with Crippen molar-refractivity contribution in [2.75, 3.05) is 20.1 Å². The van der Waals surface area contributed by atoms with Crippen molar-refractivity contribution in [3.8, 4) is 0 Å². The Labute approximate surface area is 160 Å². The van der Waals surface area contributed by atoms with Crippen LogP contribution in [0.25, 0.3) is 0 Å². The molecule has 150 valence electrons. The van der Waals surface area contributed by atoms with Crippen LogP contribution in [-0.4, -0.2) is 51.3 Å². The van der Waals surface area contributed by atoms with Gasteiger partial charge in [-0.2, -0.15) is 8.78 Å². The van der Waals surface area contributed by atoms with E-state index in [1.54, 1.807) is 4.90 Å². The van der Waals surface area contributed by atoms with Crippen molar-refractivity contribution in [1.29, 1.82) is 0 Å². The number of rotatable bonds is 5. The van der Waals surface area contributed by atoms with Crippen LogP contribution in [0.1, 0.15) is 35.6 Å². The van der Waals surface area contributed by atoms with Gasteiger partial charge in [0, 0.05) is 38.1 Å². The Morgan fingerprint density at radius 3 is 2.68 bits per heavy atom. The molecule has 2 amide bonds. The van der Waals surface area contributed by atoms with Crippen molar-refractivity contribution in [3.05, 3.63) is 53.9 Å². The van der Waals surface area contributed by atoms with Crippen LogP contribution in [0.5, 0.6) is 0 Å². The lowest BCUT2D eigenvalue weighted by Crippen LogP contribution is -2.45. The van der Waals surface area contributed by atoms with Gasteiger partial charge in [0.1, 0.15) is 11.6 Å². The van der Waals surface area contributed by atoms with Gasteiger partial charge in [0.25, 0.3) is 5.91 Å². The summed E-state index contributed by atoms with van der Waals surface area (Å²) in [4.78, 5) is 32.2. The highest BCUT2D eigenvalue weighted by Crippen LogP contribution is 2.22. The maximum atomic E-state index is 13.1. The molecule has 1 aliphatic rings. The molecule has 0 bridgehead atoms. The van der Waals surface area contributed by atoms with E-state index in [0.29, 0.717) is 24.9 Å². The summed E-state index contributed by atoms with van der Waals surface area (Å²) < 4.78 is 39.7. The van der Waals surface area contributed by atoms with Crippen LogP contribution < -0.4 is 0 Å². The zero-order valence-electron chi connectivity index (χ0n) is 15.4. The number of benzene rings is 1. The zero-order valence-corrected chi connectivity index (χ0v) is 15.4. The van der Waals surface area contributed by atoms with Crippen LogP contribution in [0.4, 0.5) is 13.2 Å². The van der Waals surface area contributed by atoms with E-state index in [0.717, 1.165) is 4.57 Å². The number of halogens is 3. The van der Waals surface area contributed by atoms with Crippen molar-refractivity contribution in [2.24, 2.45) is 5.92 Å². The van der Waals surface area contributed by atoms with E-state index in [2.05, 4.69) is 4.98 Å². The second-order valence-electron chi connectivity index (χ2n) is 6.82. The minimum absolute atomic E-state index is 0.0431. The van der Waals surface area contributed by atoms with E-state index in [-0.39, 0.29) is 30.7 Å². The van der Waals surface area contributed by atoms with Crippen molar-refractivity contribution in [2.45, 2.75) is 25.9 Å². The first-order valence-corrected chi connectivity index (χ1v) is 8.96. The van der Waals surface area contributed by atoms with Crippen LogP contribution in [0, 0.1) is 11.7 Å². The Morgan fingerprint density at radius 1 is 1.29 bits per heavy atom. The van der Waals surface area contributed by atoms with Crippen molar-refractivity contribution >= 4 is 11.8 Å². The molecule has 2 aromatic rings. The number of alkyl halides is 2. The summed E-state index contributed by atoms with van der Waals surface area (Å²) >= 11 is 0. The van der Waals surface area contributed by atoms with Gasteiger partial charge in [0.05, 0.1) is 12.5 Å². The molecule has 0 saturated carbocycles. The highest BCUT2D eigenvalue weighted by atomic mass is 19.3. The second kappa shape index (κ2) is 8.45. The van der Waals surface area contributed by atoms with Crippen LogP contribution in [-0.2, 0) is 11.3 Å². The van der Waals surface area contributed by atoms with E-state index in [9.17, 15) is 22.8 Å². The maximum Gasteiger partial charge on any atom is 0.319 e. The fraction of sp³-hybridized carbons (Fsp3) is 0.421. The molecule has 1 unspecified atom stereocenters. The summed E-state index contributed by atoms with van der Waals surface area (Å²) in [6.07, 6.45) is 3.70. The molecule has 1 atom stereocenters. The Morgan fingerprint density at radius 2 is 2.00 bits per heavy atom. The highest BCUT2D eigenvalue weighted by molar-refractivity contribution is 5.94. The average molecular weight is 394 g/mol. The molecular weight excluding hydrogens is 373 g/mol. The van der Waals surface area contributed by atoms with E-state index in [4.69, 9.17) is 0 Å². The number of likely N-dealkylation sites (tertiary alicyclic amines) is 1. The number of carbonyl (C=O) groups excluding carboxylic acids is 2. The summed E-state index contributed by atoms with van der Waals surface area (Å²) in [6, 6.07) is 5.27. The van der Waals surface area contributed by atoms with E-state index < -0.39 is 18.3 Å². The normalized spacial score (nSPS) is 17.0. The number of hydrogen-bond donors (Lipinski definition) is 0. The predicted molar refractivity (Wildman–Crippen MR) is 95.0 cm³/mol. The fourth-order valence-electron chi connectivity index (χ4n) is 3.38. The van der Waals surface area contributed by atoms with Crippen molar-refractivity contribution < 1.29 is 22.8 Å². The fourth-order valence-corrected chi connectivity index (χ4v) is 3.38. The number of piperidine rings is 1. The Hall–Kier alpha value is -2.84. The number of carbonyl (C=O) groups is 2. The molecule has 1 fully saturated rings. The van der Waals surface area contributed by atoms with Gasteiger partial charge in [-0.3, -0.25) is 14.2 Å². The largest absolute Gasteiger partial charge is 0.338 e. The molecule has 9 heteroatoms. The first kappa shape index (κ1) is 19.9. The van der Waals surface area contributed by atoms with Gasteiger partial charge in [0.15, 0.2) is 0 Å². The van der Waals surface area contributed by atoms with E-state index in [1.807, 2.05) is 0 Å². The molecule has 0 spiro atoms. The minimum atomic E-state index is -2.72. The third-order valence-electron chi connectivity index (χ3n) is 4.86. The molecule has 1 aromatic carbocycles. The molecule has 0 aliphatic carbocycles. The van der Waals surface area contributed by atoms with Crippen molar-refractivity contribution in [3.63, 3.8) is 0 Å². The van der Waals surface area contributed by atoms with Gasteiger partial charge < -0.3 is 9.80 Å². The maximum absolute atomic E-state index is 13.1. The first-order chi connectivity index (χ1) is 13.4. The van der Waals surface area contributed by atoms with Gasteiger partial charge >= 0.3 is 6.55 Å². The molecule has 0 N–H and O–H groups in total. The summed E-state index contributed by atoms with van der Waals surface area (Å²) in [6.45, 7) is -2.01. The number of amides is 2. The topological polar surface area (TPSA) is 58.4 Å². The summed E-state index contributed by atoms with van der Waals surface area (Å²) in [7, 11) is 1.54. The third kappa shape index (κ3) is 4.35. The number of imidazole rings is 1. The average Bonchev–Trinajstić information content (AvgIpc) is 3.16. The summed E-state index contributed by atoms with van der Waals surface area (Å²) in [5.74, 6) is -1.22. The number of aromatic nitrogens is 2. The van der Waals surface area contributed by atoms with Gasteiger partial charge in [-0.1, -0.05) is 0 Å². The van der Waals surface area contributed by atoms with E-state index in [1.165, 1.54) is 48.6 Å². The standard InChI is InChI=1S/C19H21F3N4O2/c1-24(12-16-23-8-10-26(16)19(21)22)17(27)14-3-2-9-25(11-14)18(28)13-4-6-15(20)7-5-13/h4-8,10,14,19H,2-3,9,11-12H2,1H3. The minimum Gasteiger partial charge on any atom is -0.338 e. The highest BCUT2D eigenvalue weighted by Gasteiger charge is 2.31. The Bertz CT molecular complexity index is 838. The Kier molecular flexibility index (Phi) is 6.01. The molecule has 28 heavy (non-hydrogen) atoms. The molecule has 1 aromatic heterocycles. The molecule has 1 saturated heterocycles. The lowest BCUT2D eigenvalue weighted by Gasteiger charge is -2.34. The molecule has 3 rings (SSSR count). The van der Waals surface area contributed by atoms with Gasteiger partial charge in [-0.05, 0) is 37.1 Å². The zero-order chi connectivity index (χ0) is 20.3. The lowest BCUT2D eigenvalue weighted by atomic mass is 9.96. The first-order valence-electron chi connectivity index (χ1n) is 8.96. The van der Waals surface area contributed by atoms with Crippen molar-refractivity contribution in [1.82, 2.24) is 19.4 Å². The second-order valence-corrected chi connectivity index (χ2v) is 6.82. The third-order valence-corrected chi connectivity index (χ3v) is 4.86. The Balaban J connectivity index is 1.64. The van der Waals surface area contributed by atoms with Crippen LogP contribution >= 0.6 is 0 Å². The van der Waals surface area contributed by atoms with Crippen LogP contribution in [0.15, 0.2) is 36.7 Å². The van der Waals surface area contributed by atoms with Crippen LogP contribution in [0.2, 0.25) is 0 Å². The molecular formula is C19H21F3N4O2. The number of hydrogen-bond acceptors (Lipinski definition) is 3. The van der Waals surface area contributed by atoms with Gasteiger partial charge in [0.2, 0.25) is 5.91 Å². The lowest BCUT2D eigenvalue weighted by molar-refractivity contribution is -0.136. The molecule has 6 nitrogen and oxygen atoms in total. The number of nitrogens with zero attached hydrogens (tertiary/aromatic N) is 4. The van der Waals surface area contributed by atoms with Crippen LogP contribution in [0.3, 0.4) is 0 Å². The summed E-state index contributed by atoms with van der Waals surface area (Å²) in [5, 5.41) is 0. The van der Waals surface area contributed by atoms with Gasteiger partial charge in [-0.25, -0.2) is 9.37 Å². The quantitative estimate of drug-likeness (QED) is 0.784. The molecule has 1 aliphatic heterocycles. The van der Waals surface area contributed by atoms with Gasteiger partial charge in [-0.15, -0.1) is 0 Å². The SMILES string of the molecule is CN(Cc1nccn1C(F)F)C(=O)C1CCCN(C(=O)c2ccc(F)cc2)C1. The monoisotopic (exact) mass is 394 g/mol. The smallest absolute Gasteiger partial charge is 0.319 e. The summed E-state index contributed by atoms with van der Waals surface area (Å²) in [5.41, 5.74) is 0.363.